The summed E-state index contributed by atoms with van der Waals surface area (Å²) in [6.45, 7) is 1.42. The van der Waals surface area contributed by atoms with E-state index in [1.165, 1.54) is 0 Å². The van der Waals surface area contributed by atoms with Crippen LogP contribution in [0.3, 0.4) is 0 Å². The molecule has 1 saturated heterocycles. The number of aromatic nitrogens is 2. The van der Waals surface area contributed by atoms with Crippen molar-refractivity contribution in [2.45, 2.75) is 18.8 Å². The molecular weight excluding hydrogens is 350 g/mol. The Labute approximate surface area is 156 Å². The summed E-state index contributed by atoms with van der Waals surface area (Å²) >= 11 is 6.09. The molecule has 3 heterocycles. The van der Waals surface area contributed by atoms with Crippen molar-refractivity contribution in [2.75, 3.05) is 20.2 Å². The monoisotopic (exact) mass is 369 g/mol. The summed E-state index contributed by atoms with van der Waals surface area (Å²) < 4.78 is 5.34. The van der Waals surface area contributed by atoms with Crippen LogP contribution in [0.5, 0.6) is 5.75 Å². The van der Waals surface area contributed by atoms with Crippen LogP contribution in [0.4, 0.5) is 0 Å². The van der Waals surface area contributed by atoms with Crippen LogP contribution in [0.2, 0.25) is 5.02 Å². The van der Waals surface area contributed by atoms with Crippen LogP contribution in [0, 0.1) is 0 Å². The van der Waals surface area contributed by atoms with Gasteiger partial charge in [0.1, 0.15) is 5.75 Å². The quantitative estimate of drug-likeness (QED) is 0.751. The van der Waals surface area contributed by atoms with Crippen molar-refractivity contribution in [3.63, 3.8) is 0 Å². The number of methoxy groups -OCH3 is 1. The molecule has 1 aromatic carbocycles. The number of hydrogen-bond donors (Lipinski definition) is 1. The number of fused-ring (bicyclic) bond motifs is 1. The number of hydrogen-bond acceptors (Lipinski definition) is 3. The molecule has 1 aliphatic rings. The van der Waals surface area contributed by atoms with E-state index in [4.69, 9.17) is 16.3 Å². The second kappa shape index (κ2) is 7.00. The molecule has 0 radical (unpaired) electrons. The fraction of sp³-hybridized carbons (Fsp3) is 0.300. The van der Waals surface area contributed by atoms with Gasteiger partial charge < -0.3 is 14.6 Å². The zero-order valence-corrected chi connectivity index (χ0v) is 15.3. The minimum atomic E-state index is -0.0353. The minimum absolute atomic E-state index is 0.0353. The lowest BCUT2D eigenvalue weighted by molar-refractivity contribution is 0.0702. The van der Waals surface area contributed by atoms with Gasteiger partial charge in [-0.1, -0.05) is 11.6 Å². The fourth-order valence-electron chi connectivity index (χ4n) is 3.65. The van der Waals surface area contributed by atoms with Crippen LogP contribution in [-0.2, 0) is 0 Å². The van der Waals surface area contributed by atoms with Crippen molar-refractivity contribution in [1.82, 2.24) is 14.9 Å². The highest BCUT2D eigenvalue weighted by Gasteiger charge is 2.28. The van der Waals surface area contributed by atoms with E-state index in [9.17, 15) is 4.79 Å². The van der Waals surface area contributed by atoms with E-state index in [0.29, 0.717) is 22.9 Å². The number of likely N-dealkylation sites (tertiary alicyclic amines) is 1. The van der Waals surface area contributed by atoms with Gasteiger partial charge in [0.25, 0.3) is 5.91 Å². The third-order valence-electron chi connectivity index (χ3n) is 4.98. The van der Waals surface area contributed by atoms with Gasteiger partial charge >= 0.3 is 0 Å². The van der Waals surface area contributed by atoms with Gasteiger partial charge in [0.2, 0.25) is 0 Å². The second-order valence-corrected chi connectivity index (χ2v) is 7.06. The first-order chi connectivity index (χ1) is 12.7. The number of piperidine rings is 1. The molecule has 3 aromatic rings. The number of carbonyl (C=O) groups is 1. The summed E-state index contributed by atoms with van der Waals surface area (Å²) in [5.41, 5.74) is 2.75. The van der Waals surface area contributed by atoms with E-state index >= 15 is 0 Å². The molecule has 2 aromatic heterocycles. The summed E-state index contributed by atoms with van der Waals surface area (Å²) in [4.78, 5) is 22.6. The Morgan fingerprint density at radius 1 is 1.35 bits per heavy atom. The summed E-state index contributed by atoms with van der Waals surface area (Å²) in [5, 5.41) is 1.63. The molecule has 0 spiro atoms. The van der Waals surface area contributed by atoms with Crippen molar-refractivity contribution >= 4 is 28.4 Å². The van der Waals surface area contributed by atoms with Gasteiger partial charge in [0.15, 0.2) is 0 Å². The summed E-state index contributed by atoms with van der Waals surface area (Å²) in [5.74, 6) is 0.801. The van der Waals surface area contributed by atoms with Crippen LogP contribution in [0.15, 0.2) is 42.7 Å². The lowest BCUT2D eigenvalue weighted by Crippen LogP contribution is -2.39. The largest absolute Gasteiger partial charge is 0.496 e. The lowest BCUT2D eigenvalue weighted by atomic mass is 9.94. The van der Waals surface area contributed by atoms with Crippen molar-refractivity contribution in [1.29, 1.82) is 0 Å². The molecule has 1 atom stereocenters. The van der Waals surface area contributed by atoms with E-state index in [1.54, 1.807) is 31.5 Å². The molecule has 4 rings (SSSR count). The van der Waals surface area contributed by atoms with Crippen LogP contribution in [-0.4, -0.2) is 41.0 Å². The van der Waals surface area contributed by atoms with Gasteiger partial charge in [-0.3, -0.25) is 9.78 Å². The summed E-state index contributed by atoms with van der Waals surface area (Å²) in [6.07, 6.45) is 5.66. The van der Waals surface area contributed by atoms with Crippen LogP contribution in [0.1, 0.15) is 34.8 Å². The predicted octanol–water partition coefficient (Wildman–Crippen LogP) is 4.24. The first kappa shape index (κ1) is 16.9. The molecule has 0 bridgehead atoms. The van der Waals surface area contributed by atoms with Crippen molar-refractivity contribution in [3.8, 4) is 5.75 Å². The van der Waals surface area contributed by atoms with Gasteiger partial charge in [-0.2, -0.15) is 0 Å². The van der Waals surface area contributed by atoms with Crippen LogP contribution >= 0.6 is 11.6 Å². The van der Waals surface area contributed by atoms with Crippen molar-refractivity contribution in [2.24, 2.45) is 0 Å². The Balaban J connectivity index is 1.58. The maximum absolute atomic E-state index is 13.0. The number of aromatic amines is 1. The number of carbonyl (C=O) groups excluding carboxylic acids is 1. The highest BCUT2D eigenvalue weighted by Crippen LogP contribution is 2.31. The summed E-state index contributed by atoms with van der Waals surface area (Å²) in [7, 11) is 1.57. The second-order valence-electron chi connectivity index (χ2n) is 6.62. The molecule has 1 N–H and O–H groups in total. The number of benzene rings is 1. The maximum Gasteiger partial charge on any atom is 0.257 e. The van der Waals surface area contributed by atoms with E-state index < -0.39 is 0 Å². The van der Waals surface area contributed by atoms with Crippen LogP contribution in [0.25, 0.3) is 10.9 Å². The topological polar surface area (TPSA) is 58.2 Å². The molecule has 5 nitrogen and oxygen atoms in total. The van der Waals surface area contributed by atoms with Gasteiger partial charge in [-0.25, -0.2) is 0 Å². The first-order valence-electron chi connectivity index (χ1n) is 8.71. The molecule has 1 amide bonds. The van der Waals surface area contributed by atoms with Crippen molar-refractivity contribution in [3.05, 3.63) is 59.0 Å². The third kappa shape index (κ3) is 3.15. The molecule has 1 fully saturated rings. The Bertz CT molecular complexity index is 920. The SMILES string of the molecule is COc1ccc(Cl)cc1C(=O)N1CCC[C@H](c2cc3cnccc3[nH]2)C1. The number of pyridine rings is 1. The van der Waals surface area contributed by atoms with Gasteiger partial charge in [-0.05, 0) is 43.2 Å². The lowest BCUT2D eigenvalue weighted by Gasteiger charge is -2.32. The highest BCUT2D eigenvalue weighted by atomic mass is 35.5. The molecule has 1 aliphatic heterocycles. The van der Waals surface area contributed by atoms with Gasteiger partial charge in [0.05, 0.1) is 12.7 Å². The zero-order valence-electron chi connectivity index (χ0n) is 14.5. The zero-order chi connectivity index (χ0) is 18.1. The van der Waals surface area contributed by atoms with E-state index in [1.807, 2.05) is 17.2 Å². The first-order valence-corrected chi connectivity index (χ1v) is 9.09. The molecular formula is C20H20ClN3O2. The molecule has 0 saturated carbocycles. The van der Waals surface area contributed by atoms with Gasteiger partial charge in [0, 0.05) is 53.0 Å². The Hall–Kier alpha value is -2.53. The Morgan fingerprint density at radius 2 is 2.23 bits per heavy atom. The number of amides is 1. The number of ether oxygens (including phenoxy) is 1. The highest BCUT2D eigenvalue weighted by molar-refractivity contribution is 6.31. The predicted molar refractivity (Wildman–Crippen MR) is 102 cm³/mol. The standard InChI is InChI=1S/C20H20ClN3O2/c1-26-19-5-4-15(21)10-16(19)20(25)24-8-2-3-13(12-24)18-9-14-11-22-7-6-17(14)23-18/h4-7,9-11,13,23H,2-3,8,12H2,1H3/t13-/m0/s1. The number of nitrogens with one attached hydrogen (secondary N) is 1. The molecule has 26 heavy (non-hydrogen) atoms. The average molecular weight is 370 g/mol. The van der Waals surface area contributed by atoms with Crippen LogP contribution < -0.4 is 4.74 Å². The number of H-pyrrole nitrogens is 1. The molecule has 0 aliphatic carbocycles. The Kier molecular flexibility index (Phi) is 4.55. The number of nitrogens with zero attached hydrogens (tertiary/aromatic N) is 2. The fourth-order valence-corrected chi connectivity index (χ4v) is 3.82. The van der Waals surface area contributed by atoms with E-state index in [-0.39, 0.29) is 11.8 Å². The van der Waals surface area contributed by atoms with E-state index in [0.717, 1.165) is 36.0 Å². The average Bonchev–Trinajstić information content (AvgIpc) is 3.12. The van der Waals surface area contributed by atoms with Gasteiger partial charge in [-0.15, -0.1) is 0 Å². The minimum Gasteiger partial charge on any atom is -0.496 e. The van der Waals surface area contributed by atoms with Crippen molar-refractivity contribution < 1.29 is 9.53 Å². The maximum atomic E-state index is 13.0. The van der Waals surface area contributed by atoms with E-state index in [2.05, 4.69) is 16.0 Å². The molecule has 134 valence electrons. The molecule has 0 unspecified atom stereocenters. The Morgan fingerprint density at radius 3 is 3.04 bits per heavy atom. The third-order valence-corrected chi connectivity index (χ3v) is 5.22. The smallest absolute Gasteiger partial charge is 0.257 e. The molecule has 6 heteroatoms. The summed E-state index contributed by atoms with van der Waals surface area (Å²) in [6, 6.07) is 9.26. The normalized spacial score (nSPS) is 17.5. The number of rotatable bonds is 3. The number of halogens is 1.